The standard InChI is InChI=1S/C13H25N3O/c1-9(2)12-10(8-16(6)15-12)14-7-11(17)13(3,4)5/h8-9,11,14,17H,7H2,1-6H3. The van der Waals surface area contributed by atoms with Crippen LogP contribution in [0.25, 0.3) is 0 Å². The van der Waals surface area contributed by atoms with Crippen molar-refractivity contribution in [2.45, 2.75) is 46.6 Å². The minimum atomic E-state index is -0.372. The highest BCUT2D eigenvalue weighted by atomic mass is 16.3. The summed E-state index contributed by atoms with van der Waals surface area (Å²) < 4.78 is 1.81. The first-order chi connectivity index (χ1) is 7.71. The smallest absolute Gasteiger partial charge is 0.0881 e. The number of hydrogen-bond donors (Lipinski definition) is 2. The third-order valence-corrected chi connectivity index (χ3v) is 2.89. The van der Waals surface area contributed by atoms with E-state index in [0.29, 0.717) is 12.5 Å². The van der Waals surface area contributed by atoms with Crippen LogP contribution < -0.4 is 5.32 Å². The van der Waals surface area contributed by atoms with Crippen molar-refractivity contribution in [2.24, 2.45) is 12.5 Å². The fraction of sp³-hybridized carbons (Fsp3) is 0.769. The molecule has 17 heavy (non-hydrogen) atoms. The lowest BCUT2D eigenvalue weighted by molar-refractivity contribution is 0.0745. The molecule has 0 aliphatic carbocycles. The van der Waals surface area contributed by atoms with Crippen LogP contribution in [0.1, 0.15) is 46.2 Å². The van der Waals surface area contributed by atoms with Crippen LogP contribution >= 0.6 is 0 Å². The number of nitrogens with one attached hydrogen (secondary N) is 1. The zero-order chi connectivity index (χ0) is 13.2. The number of hydrogen-bond acceptors (Lipinski definition) is 3. The monoisotopic (exact) mass is 239 g/mol. The van der Waals surface area contributed by atoms with Gasteiger partial charge in [0.15, 0.2) is 0 Å². The Kier molecular flexibility index (Phi) is 4.20. The van der Waals surface area contributed by atoms with E-state index in [1.807, 2.05) is 34.0 Å². The minimum Gasteiger partial charge on any atom is -0.391 e. The molecule has 0 spiro atoms. The second-order valence-corrected chi connectivity index (χ2v) is 6.02. The topological polar surface area (TPSA) is 50.1 Å². The van der Waals surface area contributed by atoms with E-state index in [4.69, 9.17) is 0 Å². The largest absolute Gasteiger partial charge is 0.391 e. The lowest BCUT2D eigenvalue weighted by atomic mass is 9.89. The fourth-order valence-electron chi connectivity index (χ4n) is 1.58. The molecule has 1 aromatic heterocycles. The van der Waals surface area contributed by atoms with Crippen molar-refractivity contribution in [3.8, 4) is 0 Å². The van der Waals surface area contributed by atoms with E-state index in [9.17, 15) is 5.11 Å². The van der Waals surface area contributed by atoms with Crippen LogP contribution in [0.2, 0.25) is 0 Å². The summed E-state index contributed by atoms with van der Waals surface area (Å²) in [6, 6.07) is 0. The van der Waals surface area contributed by atoms with E-state index in [2.05, 4.69) is 24.3 Å². The second-order valence-electron chi connectivity index (χ2n) is 6.02. The van der Waals surface area contributed by atoms with Crippen molar-refractivity contribution in [1.29, 1.82) is 0 Å². The molecule has 0 saturated heterocycles. The van der Waals surface area contributed by atoms with E-state index in [0.717, 1.165) is 11.4 Å². The fourth-order valence-corrected chi connectivity index (χ4v) is 1.58. The molecule has 4 nitrogen and oxygen atoms in total. The van der Waals surface area contributed by atoms with Crippen molar-refractivity contribution in [3.05, 3.63) is 11.9 Å². The number of nitrogens with zero attached hydrogens (tertiary/aromatic N) is 2. The summed E-state index contributed by atoms with van der Waals surface area (Å²) in [7, 11) is 1.91. The van der Waals surface area contributed by atoms with Crippen molar-refractivity contribution in [2.75, 3.05) is 11.9 Å². The summed E-state index contributed by atoms with van der Waals surface area (Å²) in [5.41, 5.74) is 1.96. The van der Waals surface area contributed by atoms with E-state index in [-0.39, 0.29) is 11.5 Å². The number of anilines is 1. The highest BCUT2D eigenvalue weighted by Crippen LogP contribution is 2.24. The van der Waals surface area contributed by atoms with Gasteiger partial charge in [0.25, 0.3) is 0 Å². The highest BCUT2D eigenvalue weighted by molar-refractivity contribution is 5.47. The van der Waals surface area contributed by atoms with Crippen LogP contribution in [0.3, 0.4) is 0 Å². The predicted molar refractivity (Wildman–Crippen MR) is 71.2 cm³/mol. The number of aryl methyl sites for hydroxylation is 1. The molecule has 98 valence electrons. The highest BCUT2D eigenvalue weighted by Gasteiger charge is 2.22. The van der Waals surface area contributed by atoms with Crippen LogP contribution in [0.4, 0.5) is 5.69 Å². The molecule has 0 aliphatic heterocycles. The Morgan fingerprint density at radius 2 is 2.00 bits per heavy atom. The number of rotatable bonds is 4. The molecule has 0 bridgehead atoms. The second kappa shape index (κ2) is 5.08. The first kappa shape index (κ1) is 14.0. The molecule has 1 rings (SSSR count). The molecule has 4 heteroatoms. The van der Waals surface area contributed by atoms with Crippen LogP contribution in [-0.4, -0.2) is 27.5 Å². The quantitative estimate of drug-likeness (QED) is 0.848. The molecular formula is C13H25N3O. The SMILES string of the molecule is CC(C)c1nn(C)cc1NCC(O)C(C)(C)C. The third kappa shape index (κ3) is 3.73. The van der Waals surface area contributed by atoms with Gasteiger partial charge in [-0.1, -0.05) is 34.6 Å². The Labute approximate surface area is 104 Å². The molecule has 2 N–H and O–H groups in total. The molecule has 1 heterocycles. The molecule has 1 atom stereocenters. The molecule has 0 saturated carbocycles. The van der Waals surface area contributed by atoms with Gasteiger partial charge in [0.05, 0.1) is 17.5 Å². The maximum absolute atomic E-state index is 9.99. The summed E-state index contributed by atoms with van der Waals surface area (Å²) >= 11 is 0. The van der Waals surface area contributed by atoms with Crippen molar-refractivity contribution in [3.63, 3.8) is 0 Å². The summed E-state index contributed by atoms with van der Waals surface area (Å²) in [4.78, 5) is 0. The van der Waals surface area contributed by atoms with Gasteiger partial charge in [-0.25, -0.2) is 0 Å². The number of aliphatic hydroxyl groups excluding tert-OH is 1. The van der Waals surface area contributed by atoms with Gasteiger partial charge >= 0.3 is 0 Å². The molecule has 1 unspecified atom stereocenters. The first-order valence-electron chi connectivity index (χ1n) is 6.17. The van der Waals surface area contributed by atoms with E-state index >= 15 is 0 Å². The lowest BCUT2D eigenvalue weighted by Crippen LogP contribution is -2.33. The molecule has 0 radical (unpaired) electrons. The van der Waals surface area contributed by atoms with Gasteiger partial charge in [-0.3, -0.25) is 4.68 Å². The molecule has 0 fully saturated rings. The number of aliphatic hydroxyl groups is 1. The Balaban J connectivity index is 2.69. The normalized spacial score (nSPS) is 14.1. The molecule has 0 aromatic carbocycles. The summed E-state index contributed by atoms with van der Waals surface area (Å²) in [5, 5.41) is 17.7. The van der Waals surface area contributed by atoms with Gasteiger partial charge in [-0.15, -0.1) is 0 Å². The zero-order valence-electron chi connectivity index (χ0n) is 11.8. The maximum Gasteiger partial charge on any atom is 0.0881 e. The Hall–Kier alpha value is -1.03. The van der Waals surface area contributed by atoms with Gasteiger partial charge in [0, 0.05) is 19.8 Å². The van der Waals surface area contributed by atoms with Crippen molar-refractivity contribution >= 4 is 5.69 Å². The summed E-state index contributed by atoms with van der Waals surface area (Å²) in [5.74, 6) is 0.380. The van der Waals surface area contributed by atoms with Crippen LogP contribution in [0.5, 0.6) is 0 Å². The van der Waals surface area contributed by atoms with Gasteiger partial charge < -0.3 is 10.4 Å². The number of aromatic nitrogens is 2. The Morgan fingerprint density at radius 3 is 2.47 bits per heavy atom. The first-order valence-corrected chi connectivity index (χ1v) is 6.17. The van der Waals surface area contributed by atoms with E-state index in [1.165, 1.54) is 0 Å². The average molecular weight is 239 g/mol. The van der Waals surface area contributed by atoms with Crippen LogP contribution in [0.15, 0.2) is 6.20 Å². The molecule has 0 aliphatic rings. The van der Waals surface area contributed by atoms with E-state index < -0.39 is 0 Å². The molecule has 0 amide bonds. The molecular weight excluding hydrogens is 214 g/mol. The van der Waals surface area contributed by atoms with Crippen LogP contribution in [0, 0.1) is 5.41 Å². The van der Waals surface area contributed by atoms with Crippen molar-refractivity contribution < 1.29 is 5.11 Å². The van der Waals surface area contributed by atoms with Gasteiger partial charge in [0.2, 0.25) is 0 Å². The van der Waals surface area contributed by atoms with Crippen molar-refractivity contribution in [1.82, 2.24) is 9.78 Å². The van der Waals surface area contributed by atoms with Gasteiger partial charge in [0.1, 0.15) is 0 Å². The maximum atomic E-state index is 9.99. The summed E-state index contributed by atoms with van der Waals surface area (Å²) in [6.07, 6.45) is 1.59. The van der Waals surface area contributed by atoms with Crippen LogP contribution in [-0.2, 0) is 7.05 Å². The third-order valence-electron chi connectivity index (χ3n) is 2.89. The van der Waals surface area contributed by atoms with Gasteiger partial charge in [-0.05, 0) is 11.3 Å². The predicted octanol–water partition coefficient (Wildman–Crippen LogP) is 2.36. The summed E-state index contributed by atoms with van der Waals surface area (Å²) in [6.45, 7) is 10.9. The van der Waals surface area contributed by atoms with E-state index in [1.54, 1.807) is 4.68 Å². The zero-order valence-corrected chi connectivity index (χ0v) is 11.8. The Morgan fingerprint density at radius 1 is 1.41 bits per heavy atom. The Bertz CT molecular complexity index is 363. The minimum absolute atomic E-state index is 0.104. The average Bonchev–Trinajstić information content (AvgIpc) is 2.54. The molecule has 1 aromatic rings. The lowest BCUT2D eigenvalue weighted by Gasteiger charge is -2.26. The van der Waals surface area contributed by atoms with Gasteiger partial charge in [-0.2, -0.15) is 5.10 Å².